The molecule has 0 aromatic carbocycles. The summed E-state index contributed by atoms with van der Waals surface area (Å²) in [5.74, 6) is 1.59. The van der Waals surface area contributed by atoms with E-state index in [1.54, 1.807) is 0 Å². The fourth-order valence-electron chi connectivity index (χ4n) is 2.01. The van der Waals surface area contributed by atoms with Crippen LogP contribution in [-0.2, 0) is 11.2 Å². The van der Waals surface area contributed by atoms with Gasteiger partial charge in [0.25, 0.3) is 0 Å². The molecule has 96 valence electrons. The van der Waals surface area contributed by atoms with Crippen molar-refractivity contribution in [3.8, 4) is 0 Å². The summed E-state index contributed by atoms with van der Waals surface area (Å²) in [6.45, 7) is 1.52. The summed E-state index contributed by atoms with van der Waals surface area (Å²) in [4.78, 5) is 8.58. The lowest BCUT2D eigenvalue weighted by atomic mass is 10.0. The molecule has 0 aliphatic carbocycles. The van der Waals surface area contributed by atoms with Gasteiger partial charge in [0.1, 0.15) is 0 Å². The SMILES string of the molecule is Nc1nc(Cc2nc(C3CCCOC3)no2)cs1. The molecule has 0 amide bonds. The maximum Gasteiger partial charge on any atom is 0.232 e. The van der Waals surface area contributed by atoms with E-state index in [1.807, 2.05) is 5.38 Å². The number of nitrogen functional groups attached to an aromatic ring is 1. The van der Waals surface area contributed by atoms with Gasteiger partial charge in [0.05, 0.1) is 18.7 Å². The topological polar surface area (TPSA) is 87.1 Å². The van der Waals surface area contributed by atoms with Crippen molar-refractivity contribution in [1.82, 2.24) is 15.1 Å². The number of hydrogen-bond acceptors (Lipinski definition) is 7. The number of ether oxygens (including phenoxy) is 1. The molecular weight excluding hydrogens is 252 g/mol. The molecule has 2 N–H and O–H groups in total. The number of hydrogen-bond donors (Lipinski definition) is 1. The van der Waals surface area contributed by atoms with Crippen LogP contribution >= 0.6 is 11.3 Å². The van der Waals surface area contributed by atoms with Gasteiger partial charge in [0, 0.05) is 17.9 Å². The summed E-state index contributed by atoms with van der Waals surface area (Å²) in [7, 11) is 0. The molecule has 1 saturated heterocycles. The summed E-state index contributed by atoms with van der Waals surface area (Å²) < 4.78 is 10.7. The van der Waals surface area contributed by atoms with Crippen molar-refractivity contribution in [3.63, 3.8) is 0 Å². The van der Waals surface area contributed by atoms with Crippen molar-refractivity contribution >= 4 is 16.5 Å². The second kappa shape index (κ2) is 5.03. The lowest BCUT2D eigenvalue weighted by molar-refractivity contribution is 0.0773. The minimum atomic E-state index is 0.261. The van der Waals surface area contributed by atoms with E-state index in [9.17, 15) is 0 Å². The Labute approximate surface area is 108 Å². The normalized spacial score (nSPS) is 20.1. The predicted molar refractivity (Wildman–Crippen MR) is 66.4 cm³/mol. The molecule has 0 saturated carbocycles. The molecule has 0 spiro atoms. The molecule has 1 aliphatic rings. The Bertz CT molecular complexity index is 519. The third-order valence-corrected chi connectivity index (χ3v) is 3.63. The van der Waals surface area contributed by atoms with Gasteiger partial charge in [-0.2, -0.15) is 4.98 Å². The predicted octanol–water partition coefficient (Wildman–Crippen LogP) is 1.59. The number of aromatic nitrogens is 3. The van der Waals surface area contributed by atoms with Gasteiger partial charge in [-0.05, 0) is 12.8 Å². The number of nitrogens with zero attached hydrogens (tertiary/aromatic N) is 3. The van der Waals surface area contributed by atoms with Gasteiger partial charge >= 0.3 is 0 Å². The first kappa shape index (κ1) is 11.6. The lowest BCUT2D eigenvalue weighted by Crippen LogP contribution is -2.16. The second-order valence-electron chi connectivity index (χ2n) is 4.31. The van der Waals surface area contributed by atoms with Crippen molar-refractivity contribution in [2.75, 3.05) is 18.9 Å². The Balaban J connectivity index is 1.69. The maximum absolute atomic E-state index is 5.58. The van der Waals surface area contributed by atoms with E-state index < -0.39 is 0 Å². The summed E-state index contributed by atoms with van der Waals surface area (Å²) in [5, 5.41) is 6.49. The van der Waals surface area contributed by atoms with E-state index in [4.69, 9.17) is 15.0 Å². The van der Waals surface area contributed by atoms with Gasteiger partial charge in [-0.1, -0.05) is 5.16 Å². The fraction of sp³-hybridized carbons (Fsp3) is 0.545. The summed E-state index contributed by atoms with van der Waals surface area (Å²) in [5.41, 5.74) is 6.45. The fourth-order valence-corrected chi connectivity index (χ4v) is 2.57. The molecule has 0 bridgehead atoms. The van der Waals surface area contributed by atoms with Crippen LogP contribution in [0.4, 0.5) is 5.13 Å². The molecule has 3 heterocycles. The minimum Gasteiger partial charge on any atom is -0.381 e. The summed E-state index contributed by atoms with van der Waals surface area (Å²) in [6.07, 6.45) is 2.65. The number of nitrogens with two attached hydrogens (primary N) is 1. The molecule has 7 heteroatoms. The molecule has 0 radical (unpaired) electrons. The second-order valence-corrected chi connectivity index (χ2v) is 5.20. The van der Waals surface area contributed by atoms with E-state index in [0.29, 0.717) is 24.0 Å². The molecule has 2 aromatic heterocycles. The van der Waals surface area contributed by atoms with E-state index in [0.717, 1.165) is 31.0 Å². The first-order valence-corrected chi connectivity index (χ1v) is 6.79. The highest BCUT2D eigenvalue weighted by Gasteiger charge is 2.21. The third kappa shape index (κ3) is 2.51. The van der Waals surface area contributed by atoms with Gasteiger partial charge in [-0.3, -0.25) is 0 Å². The standard InChI is InChI=1S/C11H14N4O2S/c12-11-13-8(6-18-11)4-9-14-10(15-17-9)7-2-1-3-16-5-7/h6-7H,1-5H2,(H2,12,13). The maximum atomic E-state index is 5.58. The third-order valence-electron chi connectivity index (χ3n) is 2.91. The van der Waals surface area contributed by atoms with E-state index in [1.165, 1.54) is 11.3 Å². The average molecular weight is 266 g/mol. The molecule has 1 fully saturated rings. The van der Waals surface area contributed by atoms with Crippen molar-refractivity contribution in [1.29, 1.82) is 0 Å². The highest BCUT2D eigenvalue weighted by atomic mass is 32.1. The van der Waals surface area contributed by atoms with Crippen LogP contribution in [0.5, 0.6) is 0 Å². The van der Waals surface area contributed by atoms with Gasteiger partial charge < -0.3 is 15.0 Å². The minimum absolute atomic E-state index is 0.261. The average Bonchev–Trinajstić information content (AvgIpc) is 3.01. The summed E-state index contributed by atoms with van der Waals surface area (Å²) >= 11 is 1.42. The Kier molecular flexibility index (Phi) is 3.24. The Hall–Kier alpha value is -1.47. The first-order valence-electron chi connectivity index (χ1n) is 5.91. The van der Waals surface area contributed by atoms with Crippen molar-refractivity contribution < 1.29 is 9.26 Å². The van der Waals surface area contributed by atoms with Crippen molar-refractivity contribution in [3.05, 3.63) is 22.8 Å². The van der Waals surface area contributed by atoms with Gasteiger partial charge in [0.2, 0.25) is 5.89 Å². The van der Waals surface area contributed by atoms with Crippen LogP contribution in [0.25, 0.3) is 0 Å². The quantitative estimate of drug-likeness (QED) is 0.907. The molecule has 3 rings (SSSR count). The van der Waals surface area contributed by atoms with Crippen LogP contribution in [0.2, 0.25) is 0 Å². The van der Waals surface area contributed by atoms with Crippen LogP contribution in [-0.4, -0.2) is 28.3 Å². The zero-order valence-electron chi connectivity index (χ0n) is 9.83. The Morgan fingerprint density at radius 3 is 3.11 bits per heavy atom. The molecule has 1 atom stereocenters. The molecule has 6 nitrogen and oxygen atoms in total. The van der Waals surface area contributed by atoms with Gasteiger partial charge in [0.15, 0.2) is 11.0 Å². The number of rotatable bonds is 3. The lowest BCUT2D eigenvalue weighted by Gasteiger charge is -2.18. The van der Waals surface area contributed by atoms with Gasteiger partial charge in [-0.15, -0.1) is 11.3 Å². The van der Waals surface area contributed by atoms with Crippen molar-refractivity contribution in [2.24, 2.45) is 0 Å². The van der Waals surface area contributed by atoms with E-state index in [-0.39, 0.29) is 5.92 Å². The molecule has 18 heavy (non-hydrogen) atoms. The molecule has 1 aliphatic heterocycles. The Morgan fingerprint density at radius 1 is 1.44 bits per heavy atom. The van der Waals surface area contributed by atoms with Crippen molar-refractivity contribution in [2.45, 2.75) is 25.2 Å². The van der Waals surface area contributed by atoms with Gasteiger partial charge in [-0.25, -0.2) is 4.98 Å². The number of anilines is 1. The van der Waals surface area contributed by atoms with Crippen LogP contribution in [0.1, 0.15) is 36.2 Å². The van der Waals surface area contributed by atoms with E-state index in [2.05, 4.69) is 15.1 Å². The highest BCUT2D eigenvalue weighted by Crippen LogP contribution is 2.23. The number of thiazole rings is 1. The smallest absolute Gasteiger partial charge is 0.232 e. The molecule has 2 aromatic rings. The zero-order valence-corrected chi connectivity index (χ0v) is 10.7. The molecular formula is C11H14N4O2S. The Morgan fingerprint density at radius 2 is 2.39 bits per heavy atom. The largest absolute Gasteiger partial charge is 0.381 e. The molecule has 1 unspecified atom stereocenters. The van der Waals surface area contributed by atoms with E-state index >= 15 is 0 Å². The van der Waals surface area contributed by atoms with Crippen LogP contribution in [0, 0.1) is 0 Å². The zero-order chi connectivity index (χ0) is 12.4. The highest BCUT2D eigenvalue weighted by molar-refractivity contribution is 7.13. The van der Waals surface area contributed by atoms with Crippen LogP contribution in [0.3, 0.4) is 0 Å². The summed E-state index contributed by atoms with van der Waals surface area (Å²) in [6, 6.07) is 0. The first-order chi connectivity index (χ1) is 8.81. The monoisotopic (exact) mass is 266 g/mol. The van der Waals surface area contributed by atoms with Crippen LogP contribution < -0.4 is 5.73 Å². The van der Waals surface area contributed by atoms with Crippen LogP contribution in [0.15, 0.2) is 9.90 Å².